The molecule has 4 nitrogen and oxygen atoms in total. The van der Waals surface area contributed by atoms with Crippen LogP contribution in [0.2, 0.25) is 0 Å². The van der Waals surface area contributed by atoms with Gasteiger partial charge in [-0.15, -0.1) is 0 Å². The second-order valence-electron chi connectivity index (χ2n) is 6.30. The van der Waals surface area contributed by atoms with Gasteiger partial charge in [0.25, 0.3) is 0 Å². The molecule has 0 bridgehead atoms. The predicted octanol–water partition coefficient (Wildman–Crippen LogP) is 2.77. The number of ether oxygens (including phenoxy) is 1. The van der Waals surface area contributed by atoms with Crippen molar-refractivity contribution in [2.75, 3.05) is 13.1 Å². The third kappa shape index (κ3) is 3.73. The number of carbonyl (C=O) groups is 1. The SMILES string of the molecule is CC(C)(C)OC(=O)N1CC[C@@H](c2ccccc2)[C@@H](O)C1. The fourth-order valence-electron chi connectivity index (χ4n) is 2.51. The number of nitrogens with zero attached hydrogens (tertiary/aromatic N) is 1. The molecule has 0 aromatic heterocycles. The van der Waals surface area contributed by atoms with Gasteiger partial charge >= 0.3 is 6.09 Å². The Balaban J connectivity index is 1.97. The van der Waals surface area contributed by atoms with Gasteiger partial charge in [-0.1, -0.05) is 30.3 Å². The monoisotopic (exact) mass is 277 g/mol. The molecule has 20 heavy (non-hydrogen) atoms. The third-order valence-corrected chi connectivity index (χ3v) is 3.46. The van der Waals surface area contributed by atoms with Crippen LogP contribution in [0.25, 0.3) is 0 Å². The maximum absolute atomic E-state index is 12.0. The lowest BCUT2D eigenvalue weighted by Crippen LogP contribution is -2.47. The van der Waals surface area contributed by atoms with Crippen molar-refractivity contribution < 1.29 is 14.6 Å². The first-order valence-corrected chi connectivity index (χ1v) is 7.08. The number of piperidine rings is 1. The molecule has 1 amide bonds. The molecule has 0 aliphatic carbocycles. The van der Waals surface area contributed by atoms with Gasteiger partial charge in [0.2, 0.25) is 0 Å². The van der Waals surface area contributed by atoms with Crippen molar-refractivity contribution in [1.29, 1.82) is 0 Å². The molecular formula is C16H23NO3. The smallest absolute Gasteiger partial charge is 0.410 e. The Hall–Kier alpha value is -1.55. The minimum absolute atomic E-state index is 0.0925. The standard InChI is InChI=1S/C16H23NO3/c1-16(2,3)20-15(19)17-10-9-13(14(18)11-17)12-7-5-4-6-8-12/h4-8,13-14,18H,9-11H2,1-3H3/t13-,14-/m0/s1. The number of hydrogen-bond donors (Lipinski definition) is 1. The summed E-state index contributed by atoms with van der Waals surface area (Å²) in [6.45, 7) is 6.48. The Morgan fingerprint density at radius 2 is 1.95 bits per heavy atom. The first kappa shape index (κ1) is 14.9. The van der Waals surface area contributed by atoms with Gasteiger partial charge in [0, 0.05) is 12.5 Å². The van der Waals surface area contributed by atoms with Crippen LogP contribution in [0.5, 0.6) is 0 Å². The minimum Gasteiger partial charge on any atom is -0.444 e. The summed E-state index contributed by atoms with van der Waals surface area (Å²) < 4.78 is 5.34. The summed E-state index contributed by atoms with van der Waals surface area (Å²) in [6, 6.07) is 9.96. The maximum atomic E-state index is 12.0. The van der Waals surface area contributed by atoms with Crippen molar-refractivity contribution in [1.82, 2.24) is 4.90 Å². The zero-order valence-electron chi connectivity index (χ0n) is 12.4. The molecule has 1 aliphatic rings. The molecule has 1 fully saturated rings. The highest BCUT2D eigenvalue weighted by atomic mass is 16.6. The molecule has 0 radical (unpaired) electrons. The van der Waals surface area contributed by atoms with Crippen LogP contribution in [0, 0.1) is 0 Å². The molecule has 1 N–H and O–H groups in total. The third-order valence-electron chi connectivity index (χ3n) is 3.46. The van der Waals surface area contributed by atoms with Crippen molar-refractivity contribution in [3.05, 3.63) is 35.9 Å². The molecule has 0 saturated carbocycles. The Morgan fingerprint density at radius 3 is 2.50 bits per heavy atom. The van der Waals surface area contributed by atoms with Gasteiger partial charge in [-0.25, -0.2) is 4.79 Å². The Bertz CT molecular complexity index is 453. The highest BCUT2D eigenvalue weighted by molar-refractivity contribution is 5.68. The maximum Gasteiger partial charge on any atom is 0.410 e. The lowest BCUT2D eigenvalue weighted by molar-refractivity contribution is -0.00151. The topological polar surface area (TPSA) is 49.8 Å². The van der Waals surface area contributed by atoms with Crippen LogP contribution in [0.1, 0.15) is 38.7 Å². The lowest BCUT2D eigenvalue weighted by Gasteiger charge is -2.36. The van der Waals surface area contributed by atoms with Crippen molar-refractivity contribution in [2.24, 2.45) is 0 Å². The van der Waals surface area contributed by atoms with E-state index in [-0.39, 0.29) is 12.0 Å². The van der Waals surface area contributed by atoms with E-state index >= 15 is 0 Å². The zero-order chi connectivity index (χ0) is 14.8. The van der Waals surface area contributed by atoms with Crippen molar-refractivity contribution in [3.8, 4) is 0 Å². The first-order valence-electron chi connectivity index (χ1n) is 7.08. The number of aliphatic hydroxyl groups excluding tert-OH is 1. The summed E-state index contributed by atoms with van der Waals surface area (Å²) >= 11 is 0. The molecule has 0 spiro atoms. The van der Waals surface area contributed by atoms with Gasteiger partial charge in [0.05, 0.1) is 12.6 Å². The number of benzene rings is 1. The molecule has 1 aromatic rings. The van der Waals surface area contributed by atoms with Crippen LogP contribution in [0.15, 0.2) is 30.3 Å². The quantitative estimate of drug-likeness (QED) is 0.858. The fourth-order valence-corrected chi connectivity index (χ4v) is 2.51. The highest BCUT2D eigenvalue weighted by Gasteiger charge is 2.33. The summed E-state index contributed by atoms with van der Waals surface area (Å²) in [7, 11) is 0. The molecule has 0 unspecified atom stereocenters. The van der Waals surface area contributed by atoms with E-state index in [4.69, 9.17) is 4.74 Å². The molecule has 1 aliphatic heterocycles. The molecule has 1 saturated heterocycles. The van der Waals surface area contributed by atoms with Crippen LogP contribution in [-0.2, 0) is 4.74 Å². The van der Waals surface area contributed by atoms with Crippen molar-refractivity contribution >= 4 is 6.09 Å². The van der Waals surface area contributed by atoms with Gasteiger partial charge in [-0.3, -0.25) is 0 Å². The molecule has 110 valence electrons. The van der Waals surface area contributed by atoms with E-state index in [0.29, 0.717) is 13.1 Å². The molecule has 4 heteroatoms. The van der Waals surface area contributed by atoms with Crippen molar-refractivity contribution in [3.63, 3.8) is 0 Å². The summed E-state index contributed by atoms with van der Waals surface area (Å²) in [5.41, 5.74) is 0.627. The molecule has 1 aromatic carbocycles. The largest absolute Gasteiger partial charge is 0.444 e. The minimum atomic E-state index is -0.543. The zero-order valence-corrected chi connectivity index (χ0v) is 12.4. The average Bonchev–Trinajstić information content (AvgIpc) is 2.37. The fraction of sp³-hybridized carbons (Fsp3) is 0.562. The van der Waals surface area contributed by atoms with Gasteiger partial charge < -0.3 is 14.7 Å². The second-order valence-corrected chi connectivity index (χ2v) is 6.30. The van der Waals surface area contributed by atoms with E-state index in [9.17, 15) is 9.90 Å². The van der Waals surface area contributed by atoms with Gasteiger partial charge in [0.1, 0.15) is 5.60 Å². The Morgan fingerprint density at radius 1 is 1.30 bits per heavy atom. The number of amides is 1. The highest BCUT2D eigenvalue weighted by Crippen LogP contribution is 2.28. The molecular weight excluding hydrogens is 254 g/mol. The van der Waals surface area contributed by atoms with Crippen LogP contribution < -0.4 is 0 Å². The summed E-state index contributed by atoms with van der Waals surface area (Å²) in [4.78, 5) is 13.6. The number of hydrogen-bond acceptors (Lipinski definition) is 3. The number of rotatable bonds is 1. The summed E-state index contributed by atoms with van der Waals surface area (Å²) in [5, 5.41) is 10.3. The average molecular weight is 277 g/mol. The van der Waals surface area contributed by atoms with E-state index in [0.717, 1.165) is 12.0 Å². The predicted molar refractivity (Wildman–Crippen MR) is 77.6 cm³/mol. The van der Waals surface area contributed by atoms with E-state index < -0.39 is 11.7 Å². The Labute approximate surface area is 120 Å². The van der Waals surface area contributed by atoms with E-state index in [1.807, 2.05) is 51.1 Å². The molecule has 2 rings (SSSR count). The molecule has 2 atom stereocenters. The van der Waals surface area contributed by atoms with Crippen LogP contribution in [-0.4, -0.2) is 40.9 Å². The number of likely N-dealkylation sites (tertiary alicyclic amines) is 1. The van der Waals surface area contributed by atoms with Gasteiger partial charge in [0.15, 0.2) is 0 Å². The van der Waals surface area contributed by atoms with Gasteiger partial charge in [-0.05, 0) is 32.8 Å². The summed E-state index contributed by atoms with van der Waals surface area (Å²) in [6.07, 6.45) is -0.133. The van der Waals surface area contributed by atoms with E-state index in [1.54, 1.807) is 4.90 Å². The van der Waals surface area contributed by atoms with Crippen LogP contribution in [0.4, 0.5) is 4.79 Å². The number of aliphatic hydroxyl groups is 1. The normalized spacial score (nSPS) is 23.5. The lowest BCUT2D eigenvalue weighted by atomic mass is 9.87. The number of carbonyl (C=O) groups excluding carboxylic acids is 1. The van der Waals surface area contributed by atoms with Gasteiger partial charge in [-0.2, -0.15) is 0 Å². The van der Waals surface area contributed by atoms with Crippen LogP contribution >= 0.6 is 0 Å². The van der Waals surface area contributed by atoms with E-state index in [2.05, 4.69) is 0 Å². The molecule has 1 heterocycles. The number of β-amino-alcohol motifs (C(OH)–C–C–N with tert-alkyl or cyclic N) is 1. The summed E-state index contributed by atoms with van der Waals surface area (Å²) in [5.74, 6) is 0.0925. The Kier molecular flexibility index (Phi) is 4.33. The van der Waals surface area contributed by atoms with Crippen LogP contribution in [0.3, 0.4) is 0 Å². The second kappa shape index (κ2) is 5.83. The van der Waals surface area contributed by atoms with Crippen molar-refractivity contribution in [2.45, 2.75) is 44.8 Å². The van der Waals surface area contributed by atoms with E-state index in [1.165, 1.54) is 0 Å². The first-order chi connectivity index (χ1) is 9.37.